The van der Waals surface area contributed by atoms with E-state index in [4.69, 9.17) is 11.6 Å². The quantitative estimate of drug-likeness (QED) is 0.560. The molecule has 0 spiro atoms. The van der Waals surface area contributed by atoms with Crippen molar-refractivity contribution in [1.82, 2.24) is 9.55 Å². The number of nitrogens with zero attached hydrogens (tertiary/aromatic N) is 2. The van der Waals surface area contributed by atoms with Gasteiger partial charge in [0.15, 0.2) is 0 Å². The topological polar surface area (TPSA) is 17.8 Å². The number of aromatic nitrogens is 2. The maximum Gasteiger partial charge on any atom is 0.108 e. The number of imidazole rings is 1. The second-order valence-electron chi connectivity index (χ2n) is 4.57. The van der Waals surface area contributed by atoms with E-state index in [2.05, 4.69) is 16.6 Å². The number of aryl methyl sites for hydroxylation is 1. The van der Waals surface area contributed by atoms with Crippen LogP contribution in [0.3, 0.4) is 0 Å². The molecular weight excluding hydrogens is 208 g/mol. The van der Waals surface area contributed by atoms with Crippen molar-refractivity contribution in [3.05, 3.63) is 18.2 Å². The van der Waals surface area contributed by atoms with Gasteiger partial charge < -0.3 is 4.57 Å². The van der Waals surface area contributed by atoms with Crippen LogP contribution in [0.4, 0.5) is 0 Å². The molecule has 1 heterocycles. The van der Waals surface area contributed by atoms with Crippen molar-refractivity contribution in [2.45, 2.75) is 43.9 Å². The highest BCUT2D eigenvalue weighted by Crippen LogP contribution is 2.29. The molecule has 3 heteroatoms. The van der Waals surface area contributed by atoms with E-state index in [1.165, 1.54) is 37.9 Å². The Balaban J connectivity index is 2.00. The molecule has 0 amide bonds. The van der Waals surface area contributed by atoms with Crippen LogP contribution in [0.15, 0.2) is 12.4 Å². The van der Waals surface area contributed by atoms with Crippen LogP contribution in [0.2, 0.25) is 0 Å². The van der Waals surface area contributed by atoms with Gasteiger partial charge in [-0.15, -0.1) is 11.6 Å². The fourth-order valence-corrected chi connectivity index (χ4v) is 2.77. The van der Waals surface area contributed by atoms with E-state index in [0.29, 0.717) is 11.3 Å². The molecule has 0 bridgehead atoms. The summed E-state index contributed by atoms with van der Waals surface area (Å²) in [5, 5.41) is 0.351. The lowest BCUT2D eigenvalue weighted by Gasteiger charge is -2.18. The van der Waals surface area contributed by atoms with Gasteiger partial charge >= 0.3 is 0 Å². The van der Waals surface area contributed by atoms with Crippen LogP contribution in [0.25, 0.3) is 0 Å². The van der Waals surface area contributed by atoms with Gasteiger partial charge in [0.1, 0.15) is 5.82 Å². The highest BCUT2D eigenvalue weighted by molar-refractivity contribution is 6.20. The number of hydrogen-bond acceptors (Lipinski definition) is 1. The Morgan fingerprint density at radius 2 is 2.20 bits per heavy atom. The van der Waals surface area contributed by atoms with Gasteiger partial charge in [0.25, 0.3) is 0 Å². The minimum absolute atomic E-state index is 0.351. The third-order valence-electron chi connectivity index (χ3n) is 3.43. The van der Waals surface area contributed by atoms with E-state index in [9.17, 15) is 0 Å². The van der Waals surface area contributed by atoms with Crippen LogP contribution < -0.4 is 0 Å². The molecule has 2 atom stereocenters. The Morgan fingerprint density at radius 3 is 2.93 bits per heavy atom. The molecule has 84 valence electrons. The molecule has 2 rings (SSSR count). The lowest BCUT2D eigenvalue weighted by molar-refractivity contribution is 0.449. The Hall–Kier alpha value is -0.500. The monoisotopic (exact) mass is 226 g/mol. The van der Waals surface area contributed by atoms with Gasteiger partial charge in [0.05, 0.1) is 0 Å². The Morgan fingerprint density at radius 1 is 1.40 bits per heavy atom. The summed E-state index contributed by atoms with van der Waals surface area (Å²) in [7, 11) is 2.06. The molecule has 1 fully saturated rings. The van der Waals surface area contributed by atoms with E-state index in [-0.39, 0.29) is 0 Å². The fraction of sp³-hybridized carbons (Fsp3) is 0.750. The van der Waals surface area contributed by atoms with Crippen molar-refractivity contribution < 1.29 is 0 Å². The standard InChI is InChI=1S/C12H19ClN2/c1-15-8-7-14-12(15)9-10-5-3-2-4-6-11(10)13/h7-8,10-11H,2-6,9H2,1H3. The second kappa shape index (κ2) is 5.02. The van der Waals surface area contributed by atoms with Crippen molar-refractivity contribution in [2.75, 3.05) is 0 Å². The van der Waals surface area contributed by atoms with Gasteiger partial charge in [0, 0.05) is 31.2 Å². The summed E-state index contributed by atoms with van der Waals surface area (Å²) < 4.78 is 2.11. The minimum atomic E-state index is 0.351. The van der Waals surface area contributed by atoms with Crippen LogP contribution in [-0.4, -0.2) is 14.9 Å². The van der Waals surface area contributed by atoms with E-state index < -0.39 is 0 Å². The number of hydrogen-bond donors (Lipinski definition) is 0. The SMILES string of the molecule is Cn1ccnc1CC1CCCCCC1Cl. The summed E-state index contributed by atoms with van der Waals surface area (Å²) in [4.78, 5) is 4.38. The van der Waals surface area contributed by atoms with Crippen molar-refractivity contribution in [2.24, 2.45) is 13.0 Å². The van der Waals surface area contributed by atoms with Gasteiger partial charge in [-0.1, -0.05) is 19.3 Å². The first-order valence-corrected chi connectivity index (χ1v) is 6.31. The lowest BCUT2D eigenvalue weighted by Crippen LogP contribution is -2.18. The first-order valence-electron chi connectivity index (χ1n) is 5.87. The van der Waals surface area contributed by atoms with Gasteiger partial charge in [-0.05, 0) is 18.8 Å². The van der Waals surface area contributed by atoms with Gasteiger partial charge in [-0.25, -0.2) is 4.98 Å². The van der Waals surface area contributed by atoms with Crippen molar-refractivity contribution in [3.8, 4) is 0 Å². The molecule has 0 saturated heterocycles. The third-order valence-corrected chi connectivity index (χ3v) is 4.01. The molecule has 0 N–H and O–H groups in total. The molecule has 0 radical (unpaired) electrons. The molecule has 2 unspecified atom stereocenters. The zero-order valence-electron chi connectivity index (χ0n) is 9.32. The summed E-state index contributed by atoms with van der Waals surface area (Å²) in [6, 6.07) is 0. The smallest absolute Gasteiger partial charge is 0.108 e. The summed E-state index contributed by atoms with van der Waals surface area (Å²) in [5.41, 5.74) is 0. The Labute approximate surface area is 96.7 Å². The van der Waals surface area contributed by atoms with Crippen molar-refractivity contribution >= 4 is 11.6 Å². The lowest BCUT2D eigenvalue weighted by atomic mass is 9.96. The number of rotatable bonds is 2. The molecule has 0 aromatic carbocycles. The van der Waals surface area contributed by atoms with Gasteiger partial charge in [0.2, 0.25) is 0 Å². The average Bonchev–Trinajstić information content (AvgIpc) is 2.50. The maximum atomic E-state index is 6.42. The molecule has 15 heavy (non-hydrogen) atoms. The predicted octanol–water partition coefficient (Wildman–Crippen LogP) is 3.15. The summed E-state index contributed by atoms with van der Waals surface area (Å²) >= 11 is 6.42. The largest absolute Gasteiger partial charge is 0.338 e. The van der Waals surface area contributed by atoms with Crippen molar-refractivity contribution in [3.63, 3.8) is 0 Å². The van der Waals surface area contributed by atoms with E-state index in [1.54, 1.807) is 0 Å². The highest BCUT2D eigenvalue weighted by Gasteiger charge is 2.23. The van der Waals surface area contributed by atoms with Crippen LogP contribution in [-0.2, 0) is 13.5 Å². The maximum absolute atomic E-state index is 6.42. The van der Waals surface area contributed by atoms with E-state index >= 15 is 0 Å². The number of halogens is 1. The summed E-state index contributed by atoms with van der Waals surface area (Å²) in [6.45, 7) is 0. The molecule has 1 aliphatic rings. The second-order valence-corrected chi connectivity index (χ2v) is 5.13. The average molecular weight is 227 g/mol. The van der Waals surface area contributed by atoms with Gasteiger partial charge in [-0.3, -0.25) is 0 Å². The number of alkyl halides is 1. The van der Waals surface area contributed by atoms with E-state index in [0.717, 1.165) is 6.42 Å². The normalized spacial score (nSPS) is 27.6. The van der Waals surface area contributed by atoms with Gasteiger partial charge in [-0.2, -0.15) is 0 Å². The third kappa shape index (κ3) is 2.75. The molecule has 1 aromatic heterocycles. The highest BCUT2D eigenvalue weighted by atomic mass is 35.5. The first-order chi connectivity index (χ1) is 7.27. The zero-order valence-corrected chi connectivity index (χ0v) is 10.1. The summed E-state index contributed by atoms with van der Waals surface area (Å²) in [5.74, 6) is 1.79. The van der Waals surface area contributed by atoms with Crippen molar-refractivity contribution in [1.29, 1.82) is 0 Å². The molecule has 0 aliphatic heterocycles. The van der Waals surface area contributed by atoms with Crippen LogP contribution in [0.5, 0.6) is 0 Å². The minimum Gasteiger partial charge on any atom is -0.338 e. The molecular formula is C12H19ClN2. The van der Waals surface area contributed by atoms with Crippen LogP contribution in [0.1, 0.15) is 37.9 Å². The summed E-state index contributed by atoms with van der Waals surface area (Å²) in [6.07, 6.45) is 11.3. The fourth-order valence-electron chi connectivity index (χ4n) is 2.40. The molecule has 1 aromatic rings. The van der Waals surface area contributed by atoms with Crippen LogP contribution >= 0.6 is 11.6 Å². The molecule has 2 nitrogen and oxygen atoms in total. The molecule has 1 saturated carbocycles. The van der Waals surface area contributed by atoms with E-state index in [1.807, 2.05) is 12.4 Å². The molecule has 1 aliphatic carbocycles. The predicted molar refractivity (Wildman–Crippen MR) is 63.1 cm³/mol. The Bertz CT molecular complexity index is 308. The van der Waals surface area contributed by atoms with Crippen LogP contribution in [0, 0.1) is 5.92 Å². The Kier molecular flexibility index (Phi) is 3.68. The zero-order chi connectivity index (χ0) is 10.7. The first kappa shape index (κ1) is 11.0.